The van der Waals surface area contributed by atoms with E-state index < -0.39 is 12.6 Å². The summed E-state index contributed by atoms with van der Waals surface area (Å²) in [4.78, 5) is 11.9. The Balaban J connectivity index is 2.69. The number of rotatable bonds is 8. The van der Waals surface area contributed by atoms with Crippen LogP contribution in [0.25, 0.3) is 0 Å². The van der Waals surface area contributed by atoms with E-state index in [4.69, 9.17) is 4.74 Å². The van der Waals surface area contributed by atoms with Crippen molar-refractivity contribution in [1.82, 2.24) is 15.0 Å². The van der Waals surface area contributed by atoms with E-state index in [9.17, 15) is 13.2 Å². The van der Waals surface area contributed by atoms with E-state index in [1.165, 1.54) is 0 Å². The predicted octanol–water partition coefficient (Wildman–Crippen LogP) is 2.46. The number of hydrogen-bond donors (Lipinski definition) is 2. The highest BCUT2D eigenvalue weighted by atomic mass is 19.4. The van der Waals surface area contributed by atoms with Crippen molar-refractivity contribution in [1.29, 1.82) is 0 Å². The number of hydrogen-bond acceptors (Lipinski definition) is 6. The van der Waals surface area contributed by atoms with Crippen LogP contribution in [0.3, 0.4) is 0 Å². The monoisotopic (exact) mass is 293 g/mol. The highest BCUT2D eigenvalue weighted by Crippen LogP contribution is 2.19. The molecule has 0 atom stereocenters. The third-order valence-corrected chi connectivity index (χ3v) is 2.11. The maximum absolute atomic E-state index is 12.1. The zero-order chi connectivity index (χ0) is 15.0. The van der Waals surface area contributed by atoms with Crippen molar-refractivity contribution in [3.8, 4) is 6.01 Å². The van der Waals surface area contributed by atoms with E-state index in [2.05, 4.69) is 25.6 Å². The third kappa shape index (κ3) is 6.39. The van der Waals surface area contributed by atoms with Crippen molar-refractivity contribution in [2.75, 3.05) is 30.3 Å². The standard InChI is InChI=1S/C11H18F3N5O/c1-3-6-15-8-17-9(16-7-5-11(12,13)14)19-10(18-8)20-4-2/h3-7H2,1-2H3,(H2,15,16,17,18,19). The Kier molecular flexibility index (Phi) is 6.26. The highest BCUT2D eigenvalue weighted by Gasteiger charge is 2.26. The van der Waals surface area contributed by atoms with Crippen LogP contribution in [0.2, 0.25) is 0 Å². The molecule has 0 aliphatic carbocycles. The van der Waals surface area contributed by atoms with Gasteiger partial charge in [0, 0.05) is 13.1 Å². The van der Waals surface area contributed by atoms with Crippen molar-refractivity contribution in [3.05, 3.63) is 0 Å². The van der Waals surface area contributed by atoms with Gasteiger partial charge in [0.25, 0.3) is 0 Å². The lowest BCUT2D eigenvalue weighted by molar-refractivity contribution is -0.131. The molecule has 9 heteroatoms. The Hall–Kier alpha value is -1.80. The van der Waals surface area contributed by atoms with Crippen molar-refractivity contribution in [2.45, 2.75) is 32.9 Å². The molecule has 0 spiro atoms. The molecule has 0 bridgehead atoms. The fraction of sp³-hybridized carbons (Fsp3) is 0.727. The van der Waals surface area contributed by atoms with Crippen LogP contribution in [0, 0.1) is 0 Å². The molecule has 0 amide bonds. The van der Waals surface area contributed by atoms with Gasteiger partial charge >= 0.3 is 12.2 Å². The summed E-state index contributed by atoms with van der Waals surface area (Å²) in [5.74, 6) is 0.339. The minimum atomic E-state index is -4.22. The molecule has 0 aliphatic rings. The van der Waals surface area contributed by atoms with Gasteiger partial charge in [-0.05, 0) is 13.3 Å². The van der Waals surface area contributed by atoms with Gasteiger partial charge in [-0.25, -0.2) is 0 Å². The Morgan fingerprint density at radius 3 is 2.10 bits per heavy atom. The first kappa shape index (κ1) is 16.3. The molecular formula is C11H18F3N5O. The van der Waals surface area contributed by atoms with Crippen molar-refractivity contribution in [3.63, 3.8) is 0 Å². The first-order chi connectivity index (χ1) is 9.44. The van der Waals surface area contributed by atoms with E-state index >= 15 is 0 Å². The van der Waals surface area contributed by atoms with Crippen LogP contribution in [0.4, 0.5) is 25.1 Å². The quantitative estimate of drug-likeness (QED) is 0.767. The smallest absolute Gasteiger partial charge is 0.390 e. The van der Waals surface area contributed by atoms with Crippen molar-refractivity contribution in [2.24, 2.45) is 0 Å². The van der Waals surface area contributed by atoms with Gasteiger partial charge < -0.3 is 15.4 Å². The van der Waals surface area contributed by atoms with Gasteiger partial charge in [0.1, 0.15) is 0 Å². The molecule has 0 aliphatic heterocycles. The Bertz CT molecular complexity index is 414. The van der Waals surface area contributed by atoms with E-state index in [0.29, 0.717) is 13.2 Å². The summed E-state index contributed by atoms with van der Waals surface area (Å²) in [7, 11) is 0. The summed E-state index contributed by atoms with van der Waals surface area (Å²) in [6, 6.07) is 0.0793. The first-order valence-corrected chi connectivity index (χ1v) is 6.38. The van der Waals surface area contributed by atoms with E-state index in [1.54, 1.807) is 6.92 Å². The minimum Gasteiger partial charge on any atom is -0.464 e. The molecule has 0 saturated heterocycles. The second kappa shape index (κ2) is 7.71. The maximum atomic E-state index is 12.1. The van der Waals surface area contributed by atoms with Gasteiger partial charge in [-0.15, -0.1) is 0 Å². The minimum absolute atomic E-state index is 0.0614. The lowest BCUT2D eigenvalue weighted by atomic mass is 10.4. The molecule has 0 fully saturated rings. The summed E-state index contributed by atoms with van der Waals surface area (Å²) >= 11 is 0. The molecule has 114 valence electrons. The van der Waals surface area contributed by atoms with Gasteiger partial charge in [0.2, 0.25) is 11.9 Å². The molecule has 1 rings (SSSR count). The fourth-order valence-electron chi connectivity index (χ4n) is 1.26. The van der Waals surface area contributed by atoms with E-state index in [1.807, 2.05) is 6.92 Å². The van der Waals surface area contributed by atoms with Crippen LogP contribution in [0.1, 0.15) is 26.7 Å². The number of nitrogens with zero attached hydrogens (tertiary/aromatic N) is 3. The van der Waals surface area contributed by atoms with Gasteiger partial charge in [0.15, 0.2) is 0 Å². The fourth-order valence-corrected chi connectivity index (χ4v) is 1.26. The third-order valence-electron chi connectivity index (χ3n) is 2.11. The molecule has 0 radical (unpaired) electrons. The Morgan fingerprint density at radius 1 is 1.00 bits per heavy atom. The lowest BCUT2D eigenvalue weighted by Gasteiger charge is -2.10. The SMILES string of the molecule is CCCNc1nc(NCCC(F)(F)F)nc(OCC)n1. The van der Waals surface area contributed by atoms with Gasteiger partial charge in [-0.3, -0.25) is 0 Å². The van der Waals surface area contributed by atoms with Crippen LogP contribution in [-0.2, 0) is 0 Å². The van der Waals surface area contributed by atoms with Gasteiger partial charge in [-0.2, -0.15) is 28.1 Å². The number of nitrogens with one attached hydrogen (secondary N) is 2. The maximum Gasteiger partial charge on any atom is 0.390 e. The van der Waals surface area contributed by atoms with Crippen LogP contribution in [0.5, 0.6) is 6.01 Å². The average Bonchev–Trinajstić information content (AvgIpc) is 2.35. The molecule has 2 N–H and O–H groups in total. The molecule has 20 heavy (non-hydrogen) atoms. The summed E-state index contributed by atoms with van der Waals surface area (Å²) in [6.45, 7) is 4.45. The molecule has 1 aromatic rings. The van der Waals surface area contributed by atoms with E-state index in [-0.39, 0.29) is 24.5 Å². The van der Waals surface area contributed by atoms with E-state index in [0.717, 1.165) is 6.42 Å². The number of aromatic nitrogens is 3. The Morgan fingerprint density at radius 2 is 1.60 bits per heavy atom. The highest BCUT2D eigenvalue weighted by molar-refractivity contribution is 5.35. The molecule has 0 aromatic carbocycles. The largest absolute Gasteiger partial charge is 0.464 e. The topological polar surface area (TPSA) is 72.0 Å². The molecule has 1 aromatic heterocycles. The van der Waals surface area contributed by atoms with Crippen molar-refractivity contribution < 1.29 is 17.9 Å². The normalized spacial score (nSPS) is 11.2. The first-order valence-electron chi connectivity index (χ1n) is 6.38. The lowest BCUT2D eigenvalue weighted by Crippen LogP contribution is -2.17. The van der Waals surface area contributed by atoms with Crippen LogP contribution >= 0.6 is 0 Å². The van der Waals surface area contributed by atoms with Crippen LogP contribution < -0.4 is 15.4 Å². The average molecular weight is 293 g/mol. The summed E-state index contributed by atoms with van der Waals surface area (Å²) in [6.07, 6.45) is -4.31. The van der Waals surface area contributed by atoms with Crippen molar-refractivity contribution >= 4 is 11.9 Å². The second-order valence-corrected chi connectivity index (χ2v) is 3.92. The molecule has 6 nitrogen and oxygen atoms in total. The summed E-state index contributed by atoms with van der Waals surface area (Å²) < 4.78 is 41.4. The van der Waals surface area contributed by atoms with Gasteiger partial charge in [0.05, 0.1) is 13.0 Å². The zero-order valence-corrected chi connectivity index (χ0v) is 11.4. The Labute approximate surface area is 115 Å². The molecule has 0 unspecified atom stereocenters. The van der Waals surface area contributed by atoms with Gasteiger partial charge in [-0.1, -0.05) is 6.92 Å². The second-order valence-electron chi connectivity index (χ2n) is 3.92. The van der Waals surface area contributed by atoms with Crippen LogP contribution in [-0.4, -0.2) is 40.8 Å². The summed E-state index contributed by atoms with van der Waals surface area (Å²) in [5.41, 5.74) is 0. The predicted molar refractivity (Wildman–Crippen MR) is 68.9 cm³/mol. The van der Waals surface area contributed by atoms with Crippen LogP contribution in [0.15, 0.2) is 0 Å². The molecular weight excluding hydrogens is 275 g/mol. The zero-order valence-electron chi connectivity index (χ0n) is 11.4. The molecule has 1 heterocycles. The number of anilines is 2. The molecule has 0 saturated carbocycles. The number of ether oxygens (including phenoxy) is 1. The number of halogens is 3. The summed E-state index contributed by atoms with van der Waals surface area (Å²) in [5, 5.41) is 5.45. The number of alkyl halides is 3.